The fraction of sp³-hybridized carbons (Fsp3) is 0.400. The van der Waals surface area contributed by atoms with Crippen LogP contribution in [0.5, 0.6) is 0 Å². The number of nitrogens with one attached hydrogen (secondary N) is 1. The number of hydrogen-bond acceptors (Lipinski definition) is 5. The van der Waals surface area contributed by atoms with Gasteiger partial charge in [0.2, 0.25) is 5.91 Å². The Bertz CT molecular complexity index is 1210. The molecular weight excluding hydrogens is 434 g/mol. The Labute approximate surface area is 198 Å². The fourth-order valence-electron chi connectivity index (χ4n) is 4.30. The number of carbonyl (C=O) groups is 1. The average molecular weight is 464 g/mol. The summed E-state index contributed by atoms with van der Waals surface area (Å²) in [6, 6.07) is 8.54. The van der Waals surface area contributed by atoms with Crippen molar-refractivity contribution in [2.45, 2.75) is 58.3 Å². The van der Waals surface area contributed by atoms with Crippen molar-refractivity contribution in [3.8, 4) is 11.8 Å². The monoisotopic (exact) mass is 463 g/mol. The molecule has 1 aliphatic heterocycles. The summed E-state index contributed by atoms with van der Waals surface area (Å²) in [5.74, 6) is 0.583. The van der Waals surface area contributed by atoms with E-state index in [4.69, 9.17) is 4.74 Å². The van der Waals surface area contributed by atoms with Crippen LogP contribution in [0.3, 0.4) is 0 Å². The molecule has 4 rings (SSSR count). The van der Waals surface area contributed by atoms with Gasteiger partial charge in [-0.1, -0.05) is 29.5 Å². The zero-order valence-electron chi connectivity index (χ0n) is 19.5. The van der Waals surface area contributed by atoms with Gasteiger partial charge in [0.05, 0.1) is 29.7 Å². The molecule has 0 unspecified atom stereocenters. The second-order valence-electron chi connectivity index (χ2n) is 8.50. The largest absolute Gasteiger partial charge is 0.376 e. The topological polar surface area (TPSA) is 84.9 Å². The summed E-state index contributed by atoms with van der Waals surface area (Å²) in [6.45, 7) is 9.44. The SMILES string of the molecule is Cc1ccc(-n2ccnc2SCC(=O)Nc2c(C#N)c(C)c(C)n2C[C@@H]2CCCO2)c(C)c1. The van der Waals surface area contributed by atoms with Crippen molar-refractivity contribution in [1.82, 2.24) is 14.1 Å². The summed E-state index contributed by atoms with van der Waals surface area (Å²) >= 11 is 1.37. The van der Waals surface area contributed by atoms with Gasteiger partial charge in [-0.15, -0.1) is 0 Å². The van der Waals surface area contributed by atoms with E-state index in [-0.39, 0.29) is 17.8 Å². The van der Waals surface area contributed by atoms with Crippen LogP contribution in [0.25, 0.3) is 5.69 Å². The number of thioether (sulfide) groups is 1. The van der Waals surface area contributed by atoms with Gasteiger partial charge in [0.1, 0.15) is 11.9 Å². The van der Waals surface area contributed by atoms with Crippen molar-refractivity contribution in [3.05, 3.63) is 58.5 Å². The Kier molecular flexibility index (Phi) is 6.91. The molecule has 3 aromatic rings. The molecule has 8 heteroatoms. The van der Waals surface area contributed by atoms with Crippen LogP contribution in [0.4, 0.5) is 5.82 Å². The maximum Gasteiger partial charge on any atom is 0.235 e. The zero-order chi connectivity index (χ0) is 23.5. The van der Waals surface area contributed by atoms with Gasteiger partial charge >= 0.3 is 0 Å². The number of amides is 1. The minimum atomic E-state index is -0.169. The van der Waals surface area contributed by atoms with Crippen LogP contribution in [-0.4, -0.2) is 38.5 Å². The van der Waals surface area contributed by atoms with E-state index in [0.29, 0.717) is 17.9 Å². The van der Waals surface area contributed by atoms with Gasteiger partial charge in [-0.3, -0.25) is 9.36 Å². The molecule has 33 heavy (non-hydrogen) atoms. The molecule has 172 valence electrons. The number of imidazole rings is 1. The van der Waals surface area contributed by atoms with Gasteiger partial charge in [-0.2, -0.15) is 5.26 Å². The molecule has 1 fully saturated rings. The van der Waals surface area contributed by atoms with Crippen molar-refractivity contribution < 1.29 is 9.53 Å². The number of rotatable bonds is 7. The van der Waals surface area contributed by atoms with E-state index in [0.717, 1.165) is 47.1 Å². The van der Waals surface area contributed by atoms with Gasteiger partial charge in [0.25, 0.3) is 0 Å². The summed E-state index contributed by atoms with van der Waals surface area (Å²) in [6.07, 6.45) is 5.79. The highest BCUT2D eigenvalue weighted by Gasteiger charge is 2.24. The number of anilines is 1. The number of aryl methyl sites for hydroxylation is 2. The first-order valence-corrected chi connectivity index (χ1v) is 12.1. The molecule has 3 heterocycles. The minimum Gasteiger partial charge on any atom is -0.376 e. The molecule has 0 radical (unpaired) electrons. The van der Waals surface area contributed by atoms with Crippen LogP contribution in [-0.2, 0) is 16.1 Å². The van der Waals surface area contributed by atoms with E-state index < -0.39 is 0 Å². The van der Waals surface area contributed by atoms with Crippen LogP contribution in [0.2, 0.25) is 0 Å². The normalized spacial score (nSPS) is 15.5. The number of benzene rings is 1. The lowest BCUT2D eigenvalue weighted by atomic mass is 10.1. The Hall–Kier alpha value is -3.02. The molecule has 1 aromatic carbocycles. The first-order chi connectivity index (χ1) is 15.9. The molecule has 2 aromatic heterocycles. The highest BCUT2D eigenvalue weighted by molar-refractivity contribution is 7.99. The minimum absolute atomic E-state index is 0.109. The van der Waals surface area contributed by atoms with Gasteiger partial charge in [-0.05, 0) is 57.7 Å². The predicted molar refractivity (Wildman–Crippen MR) is 130 cm³/mol. The molecule has 1 saturated heterocycles. The van der Waals surface area contributed by atoms with Gasteiger partial charge in [0.15, 0.2) is 5.16 Å². The molecule has 0 spiro atoms. The summed E-state index contributed by atoms with van der Waals surface area (Å²) in [5.41, 5.74) is 5.79. The lowest BCUT2D eigenvalue weighted by Crippen LogP contribution is -2.22. The van der Waals surface area contributed by atoms with Crippen molar-refractivity contribution in [2.24, 2.45) is 0 Å². The second kappa shape index (κ2) is 9.86. The highest BCUT2D eigenvalue weighted by atomic mass is 32.2. The van der Waals surface area contributed by atoms with Crippen molar-refractivity contribution in [3.63, 3.8) is 0 Å². The predicted octanol–water partition coefficient (Wildman–Crippen LogP) is 4.69. The first kappa shape index (κ1) is 23.1. The van der Waals surface area contributed by atoms with E-state index in [2.05, 4.69) is 48.4 Å². The number of nitrogens with zero attached hydrogens (tertiary/aromatic N) is 4. The molecule has 1 N–H and O–H groups in total. The molecule has 0 saturated carbocycles. The molecule has 1 amide bonds. The average Bonchev–Trinajstić information content (AvgIpc) is 3.51. The van der Waals surface area contributed by atoms with Crippen molar-refractivity contribution in [1.29, 1.82) is 5.26 Å². The summed E-state index contributed by atoms with van der Waals surface area (Å²) in [7, 11) is 0. The highest BCUT2D eigenvalue weighted by Crippen LogP contribution is 2.29. The van der Waals surface area contributed by atoms with E-state index in [1.165, 1.54) is 17.3 Å². The Morgan fingerprint density at radius 3 is 2.85 bits per heavy atom. The second-order valence-corrected chi connectivity index (χ2v) is 9.44. The maximum atomic E-state index is 12.9. The van der Waals surface area contributed by atoms with Crippen LogP contribution in [0.15, 0.2) is 35.7 Å². The number of aromatic nitrogens is 3. The van der Waals surface area contributed by atoms with Gasteiger partial charge in [-0.25, -0.2) is 4.98 Å². The third kappa shape index (κ3) is 4.85. The number of ether oxygens (including phenoxy) is 1. The first-order valence-electron chi connectivity index (χ1n) is 11.1. The van der Waals surface area contributed by atoms with Crippen LogP contribution < -0.4 is 5.32 Å². The maximum absolute atomic E-state index is 12.9. The molecular formula is C25H29N5O2S. The Morgan fingerprint density at radius 2 is 2.15 bits per heavy atom. The fourth-order valence-corrected chi connectivity index (χ4v) is 5.07. The van der Waals surface area contributed by atoms with Crippen molar-refractivity contribution >= 4 is 23.5 Å². The number of carbonyl (C=O) groups excluding carboxylic acids is 1. The molecule has 1 aliphatic rings. The molecule has 0 bridgehead atoms. The summed E-state index contributed by atoms with van der Waals surface area (Å²) in [4.78, 5) is 17.4. The van der Waals surface area contributed by atoms with E-state index in [1.807, 2.05) is 29.2 Å². The molecule has 7 nitrogen and oxygen atoms in total. The third-order valence-corrected chi connectivity index (χ3v) is 7.13. The standard InChI is InChI=1S/C25H29N5O2S/c1-16-7-8-22(17(2)12-16)29-10-9-27-25(29)33-15-23(31)28-24-21(13-26)18(3)19(4)30(24)14-20-6-5-11-32-20/h7-10,12,20H,5-6,11,14-15H2,1-4H3,(H,28,31)/t20-/m0/s1. The van der Waals surface area contributed by atoms with E-state index in [1.54, 1.807) is 6.20 Å². The summed E-state index contributed by atoms with van der Waals surface area (Å²) in [5, 5.41) is 13.5. The van der Waals surface area contributed by atoms with Crippen LogP contribution >= 0.6 is 11.8 Å². The van der Waals surface area contributed by atoms with Gasteiger partial charge < -0.3 is 14.6 Å². The Balaban J connectivity index is 1.50. The summed E-state index contributed by atoms with van der Waals surface area (Å²) < 4.78 is 9.81. The quantitative estimate of drug-likeness (QED) is 0.514. The molecule has 0 aliphatic carbocycles. The number of hydrogen-bond donors (Lipinski definition) is 1. The third-order valence-electron chi connectivity index (χ3n) is 6.16. The smallest absolute Gasteiger partial charge is 0.235 e. The van der Waals surface area contributed by atoms with Gasteiger partial charge in [0, 0.05) is 24.7 Å². The Morgan fingerprint density at radius 1 is 1.33 bits per heavy atom. The lowest BCUT2D eigenvalue weighted by molar-refractivity contribution is -0.113. The van der Waals surface area contributed by atoms with E-state index >= 15 is 0 Å². The van der Waals surface area contributed by atoms with Crippen LogP contribution in [0, 0.1) is 39.0 Å². The lowest BCUT2D eigenvalue weighted by Gasteiger charge is -2.17. The van der Waals surface area contributed by atoms with E-state index in [9.17, 15) is 10.1 Å². The molecule has 1 atom stereocenters. The van der Waals surface area contributed by atoms with Crippen molar-refractivity contribution in [2.75, 3.05) is 17.7 Å². The zero-order valence-corrected chi connectivity index (χ0v) is 20.3. The number of nitriles is 1. The van der Waals surface area contributed by atoms with Crippen LogP contribution in [0.1, 0.15) is 40.8 Å².